The van der Waals surface area contributed by atoms with Crippen LogP contribution in [0.25, 0.3) is 0 Å². The van der Waals surface area contributed by atoms with E-state index in [1.165, 1.54) is 0 Å². The van der Waals surface area contributed by atoms with Crippen molar-refractivity contribution in [1.29, 1.82) is 0 Å². The van der Waals surface area contributed by atoms with Crippen molar-refractivity contribution in [1.82, 2.24) is 14.9 Å². The maximum Gasteiger partial charge on any atom is 0.214 e. The van der Waals surface area contributed by atoms with Crippen LogP contribution in [0.3, 0.4) is 0 Å². The van der Waals surface area contributed by atoms with Crippen LogP contribution in [0.2, 0.25) is 0 Å². The van der Waals surface area contributed by atoms with Crippen molar-refractivity contribution in [3.8, 4) is 0 Å². The van der Waals surface area contributed by atoms with Gasteiger partial charge in [0.15, 0.2) is 5.96 Å². The molecule has 158 valence electrons. The third-order valence-corrected chi connectivity index (χ3v) is 8.84. The van der Waals surface area contributed by atoms with Gasteiger partial charge in [-0.2, -0.15) is 11.8 Å². The fourth-order valence-electron chi connectivity index (χ4n) is 3.57. The van der Waals surface area contributed by atoms with Crippen LogP contribution in [0.5, 0.6) is 0 Å². The van der Waals surface area contributed by atoms with Crippen molar-refractivity contribution in [2.24, 2.45) is 4.99 Å². The Hall–Kier alpha value is -0.510. The van der Waals surface area contributed by atoms with Crippen molar-refractivity contribution in [3.63, 3.8) is 0 Å². The van der Waals surface area contributed by atoms with Gasteiger partial charge < -0.3 is 15.4 Å². The molecule has 2 heterocycles. The molecule has 2 rings (SSSR count). The van der Waals surface area contributed by atoms with Crippen LogP contribution in [0, 0.1) is 0 Å². The Morgan fingerprint density at radius 2 is 1.93 bits per heavy atom. The van der Waals surface area contributed by atoms with Crippen LogP contribution in [-0.4, -0.2) is 80.9 Å². The molecule has 9 heteroatoms. The Morgan fingerprint density at radius 1 is 1.26 bits per heavy atom. The van der Waals surface area contributed by atoms with Crippen LogP contribution in [0.15, 0.2) is 4.99 Å². The number of ether oxygens (including phenoxy) is 1. The van der Waals surface area contributed by atoms with E-state index < -0.39 is 10.0 Å². The van der Waals surface area contributed by atoms with E-state index in [1.54, 1.807) is 4.31 Å². The van der Waals surface area contributed by atoms with E-state index in [9.17, 15) is 8.42 Å². The summed E-state index contributed by atoms with van der Waals surface area (Å²) in [6.45, 7) is 8.36. The number of nitrogens with zero attached hydrogens (tertiary/aromatic N) is 2. The monoisotopic (exact) mass is 420 g/mol. The summed E-state index contributed by atoms with van der Waals surface area (Å²) in [5.74, 6) is 1.09. The zero-order chi connectivity index (χ0) is 19.8. The average molecular weight is 421 g/mol. The summed E-state index contributed by atoms with van der Waals surface area (Å²) in [5, 5.41) is 6.86. The largest absolute Gasteiger partial charge is 0.381 e. The zero-order valence-corrected chi connectivity index (χ0v) is 18.6. The standard InChI is InChI=1S/C18H36N4O3S2/c1-4-14-27(23,24)22-10-6-16(7-11-22)21-17(19-5-2)20-15-18(26-3)8-12-25-13-9-18/h16H,4-15H2,1-3H3,(H2,19,20,21). The molecule has 2 fully saturated rings. The molecule has 0 saturated carbocycles. The maximum absolute atomic E-state index is 12.2. The highest BCUT2D eigenvalue weighted by molar-refractivity contribution is 8.00. The van der Waals surface area contributed by atoms with Gasteiger partial charge in [0.1, 0.15) is 0 Å². The summed E-state index contributed by atoms with van der Waals surface area (Å²) >= 11 is 1.89. The summed E-state index contributed by atoms with van der Waals surface area (Å²) in [6, 6.07) is 0.260. The van der Waals surface area contributed by atoms with Gasteiger partial charge in [0, 0.05) is 43.6 Å². The van der Waals surface area contributed by atoms with Gasteiger partial charge in [-0.1, -0.05) is 6.92 Å². The predicted molar refractivity (Wildman–Crippen MR) is 114 cm³/mol. The lowest BCUT2D eigenvalue weighted by Gasteiger charge is -2.35. The quantitative estimate of drug-likeness (QED) is 0.459. The number of hydrogen-bond acceptors (Lipinski definition) is 5. The number of nitrogens with one attached hydrogen (secondary N) is 2. The molecule has 0 radical (unpaired) electrons. The molecule has 0 unspecified atom stereocenters. The minimum absolute atomic E-state index is 0.165. The van der Waals surface area contributed by atoms with Gasteiger partial charge in [-0.15, -0.1) is 0 Å². The first kappa shape index (κ1) is 22.8. The molecule has 0 atom stereocenters. The lowest BCUT2D eigenvalue weighted by Crippen LogP contribution is -2.50. The molecule has 27 heavy (non-hydrogen) atoms. The third-order valence-electron chi connectivity index (χ3n) is 5.36. The number of aliphatic imine (C=N–C) groups is 1. The molecular weight excluding hydrogens is 384 g/mol. The van der Waals surface area contributed by atoms with E-state index >= 15 is 0 Å². The Labute approximate surface area is 169 Å². The van der Waals surface area contributed by atoms with E-state index in [2.05, 4.69) is 23.8 Å². The number of sulfonamides is 1. The Kier molecular flexibility index (Phi) is 9.18. The van der Waals surface area contributed by atoms with Gasteiger partial charge in [-0.25, -0.2) is 12.7 Å². The van der Waals surface area contributed by atoms with E-state index in [4.69, 9.17) is 9.73 Å². The van der Waals surface area contributed by atoms with E-state index in [1.807, 2.05) is 18.7 Å². The van der Waals surface area contributed by atoms with Crippen LogP contribution in [0.4, 0.5) is 0 Å². The van der Waals surface area contributed by atoms with Crippen LogP contribution in [-0.2, 0) is 14.8 Å². The molecule has 0 bridgehead atoms. The topological polar surface area (TPSA) is 83.0 Å². The van der Waals surface area contributed by atoms with E-state index in [0.717, 1.165) is 57.9 Å². The van der Waals surface area contributed by atoms with Crippen molar-refractivity contribution < 1.29 is 13.2 Å². The second kappa shape index (κ2) is 10.9. The molecule has 0 aromatic carbocycles. The lowest BCUT2D eigenvalue weighted by molar-refractivity contribution is 0.0794. The predicted octanol–water partition coefficient (Wildman–Crippen LogP) is 1.66. The first-order chi connectivity index (χ1) is 12.9. The van der Waals surface area contributed by atoms with Crippen molar-refractivity contribution in [2.75, 3.05) is 51.4 Å². The molecule has 2 N–H and O–H groups in total. The van der Waals surface area contributed by atoms with Crippen LogP contribution >= 0.6 is 11.8 Å². The normalized spacial score (nSPS) is 22.6. The zero-order valence-electron chi connectivity index (χ0n) is 17.0. The van der Waals surface area contributed by atoms with Gasteiger partial charge >= 0.3 is 0 Å². The number of thioether (sulfide) groups is 1. The van der Waals surface area contributed by atoms with Gasteiger partial charge in [-0.3, -0.25) is 4.99 Å². The molecule has 2 saturated heterocycles. The fraction of sp³-hybridized carbons (Fsp3) is 0.944. The molecular formula is C18H36N4O3S2. The average Bonchev–Trinajstić information content (AvgIpc) is 2.67. The minimum Gasteiger partial charge on any atom is -0.381 e. The lowest BCUT2D eigenvalue weighted by atomic mass is 9.99. The Bertz CT molecular complexity index is 569. The summed E-state index contributed by atoms with van der Waals surface area (Å²) in [7, 11) is -3.09. The molecule has 7 nitrogen and oxygen atoms in total. The summed E-state index contributed by atoms with van der Waals surface area (Å²) in [6.07, 6.45) is 6.52. The van der Waals surface area contributed by atoms with Crippen molar-refractivity contribution in [3.05, 3.63) is 0 Å². The third kappa shape index (κ3) is 6.80. The number of hydrogen-bond donors (Lipinski definition) is 2. The maximum atomic E-state index is 12.2. The fourth-order valence-corrected chi connectivity index (χ4v) is 5.88. The Morgan fingerprint density at radius 3 is 2.48 bits per heavy atom. The first-order valence-corrected chi connectivity index (χ1v) is 12.9. The highest BCUT2D eigenvalue weighted by Gasteiger charge is 2.32. The second-order valence-corrected chi connectivity index (χ2v) is 10.7. The van der Waals surface area contributed by atoms with Crippen LogP contribution in [0.1, 0.15) is 46.0 Å². The smallest absolute Gasteiger partial charge is 0.214 e. The minimum atomic E-state index is -3.09. The highest BCUT2D eigenvalue weighted by atomic mass is 32.2. The molecule has 2 aliphatic rings. The Balaban J connectivity index is 1.90. The molecule has 0 aromatic heterocycles. The molecule has 0 aliphatic carbocycles. The van der Waals surface area contributed by atoms with Crippen LogP contribution < -0.4 is 10.6 Å². The van der Waals surface area contributed by atoms with Gasteiger partial charge in [0.2, 0.25) is 10.0 Å². The van der Waals surface area contributed by atoms with Gasteiger partial charge in [0.05, 0.1) is 12.3 Å². The number of guanidine groups is 1. The SMILES string of the molecule is CCCS(=O)(=O)N1CCC(NC(=NCC2(SC)CCOCC2)NCC)CC1. The summed E-state index contributed by atoms with van der Waals surface area (Å²) in [5.41, 5.74) is 0. The van der Waals surface area contributed by atoms with E-state index in [0.29, 0.717) is 19.5 Å². The molecule has 0 amide bonds. The number of rotatable bonds is 8. The molecule has 0 aromatic rings. The highest BCUT2D eigenvalue weighted by Crippen LogP contribution is 2.34. The molecule has 0 spiro atoms. The van der Waals surface area contributed by atoms with Crippen molar-refractivity contribution in [2.45, 2.75) is 56.7 Å². The van der Waals surface area contributed by atoms with Gasteiger partial charge in [-0.05, 0) is 45.3 Å². The second-order valence-electron chi connectivity index (χ2n) is 7.33. The molecule has 2 aliphatic heterocycles. The number of piperidine rings is 1. The first-order valence-electron chi connectivity index (χ1n) is 10.1. The van der Waals surface area contributed by atoms with E-state index in [-0.39, 0.29) is 16.5 Å². The van der Waals surface area contributed by atoms with Gasteiger partial charge in [0.25, 0.3) is 0 Å². The summed E-state index contributed by atoms with van der Waals surface area (Å²) < 4.78 is 31.8. The summed E-state index contributed by atoms with van der Waals surface area (Å²) in [4.78, 5) is 4.86. The van der Waals surface area contributed by atoms with Crippen molar-refractivity contribution >= 4 is 27.7 Å².